The van der Waals surface area contributed by atoms with Crippen LogP contribution in [0.4, 0.5) is 16.4 Å². The van der Waals surface area contributed by atoms with Crippen LogP contribution in [0, 0.1) is 0 Å². The van der Waals surface area contributed by atoms with Gasteiger partial charge in [-0.2, -0.15) is 0 Å². The maximum absolute atomic E-state index is 11.9. The molecule has 0 radical (unpaired) electrons. The van der Waals surface area contributed by atoms with Crippen LogP contribution in [0.1, 0.15) is 0 Å². The first kappa shape index (κ1) is 14.3. The lowest BCUT2D eigenvalue weighted by Crippen LogP contribution is -2.20. The molecule has 0 atom stereocenters. The number of carbonyl (C=O) groups excluding carboxylic acids is 1. The van der Waals surface area contributed by atoms with Gasteiger partial charge in [-0.1, -0.05) is 0 Å². The van der Waals surface area contributed by atoms with Gasteiger partial charge < -0.3 is 9.88 Å². The van der Waals surface area contributed by atoms with Gasteiger partial charge >= 0.3 is 6.03 Å². The van der Waals surface area contributed by atoms with Gasteiger partial charge in [-0.3, -0.25) is 5.32 Å². The summed E-state index contributed by atoms with van der Waals surface area (Å²) in [6.07, 6.45) is 7.04. The Kier molecular flexibility index (Phi) is 4.15. The minimum atomic E-state index is -0.393. The first-order valence-corrected chi connectivity index (χ1v) is 7.29. The third kappa shape index (κ3) is 3.50. The van der Waals surface area contributed by atoms with Crippen molar-refractivity contribution in [1.82, 2.24) is 14.5 Å². The molecule has 110 valence electrons. The summed E-state index contributed by atoms with van der Waals surface area (Å²) in [5, 5.41) is 5.29. The monoisotopic (exact) mass is 357 g/mol. The Bertz CT molecular complexity index is 754. The predicted octanol–water partition coefficient (Wildman–Crippen LogP) is 3.67. The first-order chi connectivity index (χ1) is 10.7. The SMILES string of the molecule is O=C(Nc1ccc(-n2cccc2)cc1)Nc1ncc(Br)cn1. The van der Waals surface area contributed by atoms with Crippen molar-refractivity contribution in [2.45, 2.75) is 0 Å². The maximum atomic E-state index is 11.9. The lowest BCUT2D eigenvalue weighted by Gasteiger charge is -2.08. The van der Waals surface area contributed by atoms with Crippen molar-refractivity contribution in [3.05, 3.63) is 65.7 Å². The fourth-order valence-electron chi connectivity index (χ4n) is 1.86. The van der Waals surface area contributed by atoms with Gasteiger partial charge in [-0.25, -0.2) is 14.8 Å². The average Bonchev–Trinajstić information content (AvgIpc) is 3.05. The van der Waals surface area contributed by atoms with Gasteiger partial charge in [0.2, 0.25) is 5.95 Å². The molecule has 0 unspecified atom stereocenters. The van der Waals surface area contributed by atoms with Crippen LogP contribution in [-0.2, 0) is 0 Å². The lowest BCUT2D eigenvalue weighted by atomic mass is 10.3. The van der Waals surface area contributed by atoms with Gasteiger partial charge in [0.25, 0.3) is 0 Å². The second kappa shape index (κ2) is 6.40. The van der Waals surface area contributed by atoms with Crippen LogP contribution in [-0.4, -0.2) is 20.6 Å². The quantitative estimate of drug-likeness (QED) is 0.750. The number of benzene rings is 1. The van der Waals surface area contributed by atoms with Gasteiger partial charge in [0, 0.05) is 36.2 Å². The van der Waals surface area contributed by atoms with E-state index in [2.05, 4.69) is 36.5 Å². The highest BCUT2D eigenvalue weighted by Gasteiger charge is 2.05. The molecule has 0 aliphatic rings. The molecule has 1 aromatic carbocycles. The summed E-state index contributed by atoms with van der Waals surface area (Å²) in [7, 11) is 0. The highest BCUT2D eigenvalue weighted by Crippen LogP contribution is 2.14. The fraction of sp³-hybridized carbons (Fsp3) is 0. The smallest absolute Gasteiger partial charge is 0.324 e. The van der Waals surface area contributed by atoms with Gasteiger partial charge in [0.1, 0.15) is 0 Å². The molecule has 0 saturated heterocycles. The summed E-state index contributed by atoms with van der Waals surface area (Å²) in [5.41, 5.74) is 1.71. The number of hydrogen-bond donors (Lipinski definition) is 2. The number of anilines is 2. The zero-order chi connectivity index (χ0) is 15.4. The summed E-state index contributed by atoms with van der Waals surface area (Å²) in [4.78, 5) is 19.8. The second-order valence-electron chi connectivity index (χ2n) is 4.44. The van der Waals surface area contributed by atoms with Crippen molar-refractivity contribution in [3.63, 3.8) is 0 Å². The molecule has 0 spiro atoms. The zero-order valence-corrected chi connectivity index (χ0v) is 13.0. The first-order valence-electron chi connectivity index (χ1n) is 6.50. The molecule has 0 bridgehead atoms. The molecule has 2 amide bonds. The zero-order valence-electron chi connectivity index (χ0n) is 11.4. The molecule has 6 nitrogen and oxygen atoms in total. The van der Waals surface area contributed by atoms with Crippen molar-refractivity contribution < 1.29 is 4.79 Å². The predicted molar refractivity (Wildman–Crippen MR) is 88.1 cm³/mol. The Morgan fingerprint density at radius 3 is 2.27 bits per heavy atom. The minimum Gasteiger partial charge on any atom is -0.324 e. The molecule has 0 aliphatic carbocycles. The third-order valence-electron chi connectivity index (χ3n) is 2.87. The summed E-state index contributed by atoms with van der Waals surface area (Å²) >= 11 is 3.23. The average molecular weight is 358 g/mol. The Morgan fingerprint density at radius 1 is 1.00 bits per heavy atom. The van der Waals surface area contributed by atoms with Crippen LogP contribution < -0.4 is 10.6 Å². The Hall–Kier alpha value is -2.67. The highest BCUT2D eigenvalue weighted by molar-refractivity contribution is 9.10. The van der Waals surface area contributed by atoms with E-state index in [1.54, 1.807) is 12.4 Å². The number of rotatable bonds is 3. The Labute approximate surface area is 135 Å². The Balaban J connectivity index is 1.63. The largest absolute Gasteiger partial charge is 0.326 e. The topological polar surface area (TPSA) is 71.8 Å². The summed E-state index contributed by atoms with van der Waals surface area (Å²) < 4.78 is 2.73. The van der Waals surface area contributed by atoms with E-state index >= 15 is 0 Å². The van der Waals surface area contributed by atoms with E-state index in [-0.39, 0.29) is 5.95 Å². The molecule has 3 aromatic rings. The summed E-state index contributed by atoms with van der Waals surface area (Å²) in [5.74, 6) is 0.240. The van der Waals surface area contributed by atoms with Crippen molar-refractivity contribution >= 4 is 33.6 Å². The van der Waals surface area contributed by atoms with Crippen LogP contribution in [0.5, 0.6) is 0 Å². The number of halogens is 1. The fourth-order valence-corrected chi connectivity index (χ4v) is 2.07. The molecule has 0 aliphatic heterocycles. The van der Waals surface area contributed by atoms with Crippen molar-refractivity contribution in [2.75, 3.05) is 10.6 Å². The number of carbonyl (C=O) groups is 1. The van der Waals surface area contributed by atoms with Gasteiger partial charge in [0.15, 0.2) is 0 Å². The normalized spacial score (nSPS) is 10.2. The van der Waals surface area contributed by atoms with E-state index in [0.717, 1.165) is 10.2 Å². The summed E-state index contributed by atoms with van der Waals surface area (Å²) in [6, 6.07) is 11.0. The van der Waals surface area contributed by atoms with Crippen LogP contribution in [0.15, 0.2) is 65.7 Å². The van der Waals surface area contributed by atoms with Crippen LogP contribution in [0.2, 0.25) is 0 Å². The van der Waals surface area contributed by atoms with Crippen molar-refractivity contribution in [3.8, 4) is 5.69 Å². The van der Waals surface area contributed by atoms with Crippen LogP contribution in [0.25, 0.3) is 5.69 Å². The van der Waals surface area contributed by atoms with E-state index < -0.39 is 6.03 Å². The number of amides is 2. The number of urea groups is 1. The molecule has 3 rings (SSSR count). The number of aromatic nitrogens is 3. The molecule has 0 saturated carbocycles. The third-order valence-corrected chi connectivity index (χ3v) is 3.28. The van der Waals surface area contributed by atoms with Crippen molar-refractivity contribution in [2.24, 2.45) is 0 Å². The van der Waals surface area contributed by atoms with E-state index in [4.69, 9.17) is 0 Å². The van der Waals surface area contributed by atoms with Gasteiger partial charge in [-0.05, 0) is 52.3 Å². The number of hydrogen-bond acceptors (Lipinski definition) is 3. The minimum absolute atomic E-state index is 0.240. The maximum Gasteiger partial charge on any atom is 0.326 e. The van der Waals surface area contributed by atoms with Crippen molar-refractivity contribution in [1.29, 1.82) is 0 Å². The van der Waals surface area contributed by atoms with Crippen LogP contribution in [0.3, 0.4) is 0 Å². The molecule has 2 heterocycles. The molecule has 22 heavy (non-hydrogen) atoms. The molecule has 0 fully saturated rings. The lowest BCUT2D eigenvalue weighted by molar-refractivity contribution is 0.262. The van der Waals surface area contributed by atoms with E-state index in [1.807, 2.05) is 53.4 Å². The molecular weight excluding hydrogens is 346 g/mol. The highest BCUT2D eigenvalue weighted by atomic mass is 79.9. The molecule has 2 aromatic heterocycles. The van der Waals surface area contributed by atoms with E-state index in [1.165, 1.54) is 0 Å². The van der Waals surface area contributed by atoms with E-state index in [9.17, 15) is 4.79 Å². The molecule has 7 heteroatoms. The standard InChI is InChI=1S/C15H12BrN5O/c16-11-9-17-14(18-10-11)20-15(22)19-12-3-5-13(6-4-12)21-7-1-2-8-21/h1-10H,(H2,17,18,19,20,22). The number of nitrogens with one attached hydrogen (secondary N) is 2. The van der Waals surface area contributed by atoms with Gasteiger partial charge in [0.05, 0.1) is 4.47 Å². The molecular formula is C15H12BrN5O. The summed E-state index contributed by atoms with van der Waals surface area (Å²) in [6.45, 7) is 0. The second-order valence-corrected chi connectivity index (χ2v) is 5.36. The molecule has 2 N–H and O–H groups in total. The van der Waals surface area contributed by atoms with Crippen LogP contribution >= 0.6 is 15.9 Å². The Morgan fingerprint density at radius 2 is 1.64 bits per heavy atom. The van der Waals surface area contributed by atoms with Gasteiger partial charge in [-0.15, -0.1) is 0 Å². The van der Waals surface area contributed by atoms with E-state index in [0.29, 0.717) is 5.69 Å². The number of nitrogens with zero attached hydrogens (tertiary/aromatic N) is 3.